The highest BCUT2D eigenvalue weighted by molar-refractivity contribution is 9.10. The summed E-state index contributed by atoms with van der Waals surface area (Å²) in [5, 5.41) is 5.01. The topological polar surface area (TPSA) is 38.3 Å². The predicted molar refractivity (Wildman–Crippen MR) is 83.2 cm³/mol. The number of rotatable bonds is 4. The lowest BCUT2D eigenvalue weighted by atomic mass is 10.1. The highest BCUT2D eigenvalue weighted by atomic mass is 79.9. The second-order valence-electron chi connectivity index (χ2n) is 4.45. The standard InChI is InChI=1S/C15H13BrClNO2/c1-2-18-13(10-6-7-19-15(10)16)12-8-9-4-3-5-11(17)14(9)20-12/h3-8,13,18H,2H2,1H3. The number of benzene rings is 1. The van der Waals surface area contributed by atoms with Crippen LogP contribution >= 0.6 is 27.5 Å². The van der Waals surface area contributed by atoms with E-state index in [-0.39, 0.29) is 6.04 Å². The second kappa shape index (κ2) is 5.64. The fraction of sp³-hybridized carbons (Fsp3) is 0.200. The SMILES string of the molecule is CCNC(c1cc2cccc(Cl)c2o1)c1ccoc1Br. The third-order valence-electron chi connectivity index (χ3n) is 3.16. The molecule has 3 rings (SSSR count). The average molecular weight is 355 g/mol. The van der Waals surface area contributed by atoms with Crippen molar-refractivity contribution in [3.8, 4) is 0 Å². The largest absolute Gasteiger partial charge is 0.457 e. The Balaban J connectivity index is 2.10. The zero-order valence-electron chi connectivity index (χ0n) is 10.8. The summed E-state index contributed by atoms with van der Waals surface area (Å²) in [6.45, 7) is 2.86. The average Bonchev–Trinajstić information content (AvgIpc) is 3.03. The molecule has 0 aliphatic carbocycles. The van der Waals surface area contributed by atoms with Crippen LogP contribution in [-0.4, -0.2) is 6.54 Å². The van der Waals surface area contributed by atoms with Crippen molar-refractivity contribution in [3.05, 3.63) is 57.6 Å². The Morgan fingerprint density at radius 1 is 1.35 bits per heavy atom. The Bertz CT molecular complexity index is 734. The van der Waals surface area contributed by atoms with Crippen molar-refractivity contribution < 1.29 is 8.83 Å². The molecule has 3 aromatic rings. The lowest BCUT2D eigenvalue weighted by Gasteiger charge is -2.14. The predicted octanol–water partition coefficient (Wildman–Crippen LogP) is 5.14. The first-order chi connectivity index (χ1) is 9.70. The summed E-state index contributed by atoms with van der Waals surface area (Å²) in [5.74, 6) is 0.817. The minimum absolute atomic E-state index is 0.0726. The van der Waals surface area contributed by atoms with Crippen molar-refractivity contribution in [1.82, 2.24) is 5.32 Å². The molecule has 1 atom stereocenters. The maximum Gasteiger partial charge on any atom is 0.174 e. The van der Waals surface area contributed by atoms with Crippen molar-refractivity contribution in [2.45, 2.75) is 13.0 Å². The van der Waals surface area contributed by atoms with Gasteiger partial charge in [-0.15, -0.1) is 0 Å². The summed E-state index contributed by atoms with van der Waals surface area (Å²) in [6, 6.07) is 9.59. The van der Waals surface area contributed by atoms with Crippen molar-refractivity contribution >= 4 is 38.5 Å². The molecule has 0 aliphatic rings. The highest BCUT2D eigenvalue weighted by Crippen LogP contribution is 2.34. The molecule has 0 amide bonds. The molecule has 1 unspecified atom stereocenters. The third kappa shape index (κ3) is 2.39. The summed E-state index contributed by atoms with van der Waals surface area (Å²) < 4.78 is 12.0. The number of nitrogens with one attached hydrogen (secondary N) is 1. The Hall–Kier alpha value is -1.23. The first-order valence-electron chi connectivity index (χ1n) is 6.35. The summed E-state index contributed by atoms with van der Waals surface area (Å²) in [6.07, 6.45) is 1.65. The minimum atomic E-state index is -0.0726. The van der Waals surface area contributed by atoms with Gasteiger partial charge in [0.25, 0.3) is 0 Å². The van der Waals surface area contributed by atoms with Gasteiger partial charge in [0.2, 0.25) is 0 Å². The number of fused-ring (bicyclic) bond motifs is 1. The van der Waals surface area contributed by atoms with Gasteiger partial charge in [-0.2, -0.15) is 0 Å². The molecule has 0 saturated heterocycles. The van der Waals surface area contributed by atoms with Crippen LogP contribution in [0.5, 0.6) is 0 Å². The smallest absolute Gasteiger partial charge is 0.174 e. The van der Waals surface area contributed by atoms with E-state index in [1.165, 1.54) is 0 Å². The molecular weight excluding hydrogens is 342 g/mol. The molecule has 3 nitrogen and oxygen atoms in total. The maximum atomic E-state index is 6.17. The van der Waals surface area contributed by atoms with Crippen LogP contribution in [0.1, 0.15) is 24.3 Å². The normalized spacial score (nSPS) is 12.9. The molecule has 0 aliphatic heterocycles. The first kappa shape index (κ1) is 13.7. The first-order valence-corrected chi connectivity index (χ1v) is 7.52. The number of hydrogen-bond acceptors (Lipinski definition) is 3. The molecular formula is C15H13BrClNO2. The summed E-state index contributed by atoms with van der Waals surface area (Å²) in [4.78, 5) is 0. The van der Waals surface area contributed by atoms with E-state index in [0.29, 0.717) is 15.3 Å². The molecule has 0 radical (unpaired) electrons. The van der Waals surface area contributed by atoms with Gasteiger partial charge >= 0.3 is 0 Å². The Morgan fingerprint density at radius 3 is 2.85 bits per heavy atom. The van der Waals surface area contributed by atoms with Gasteiger partial charge in [-0.25, -0.2) is 0 Å². The van der Waals surface area contributed by atoms with Gasteiger partial charge in [0, 0.05) is 10.9 Å². The molecule has 0 saturated carbocycles. The molecule has 2 aromatic heterocycles. The molecule has 20 heavy (non-hydrogen) atoms. The van der Waals surface area contributed by atoms with Gasteiger partial charge < -0.3 is 14.2 Å². The van der Waals surface area contributed by atoms with Crippen LogP contribution in [-0.2, 0) is 0 Å². The molecule has 104 valence electrons. The third-order valence-corrected chi connectivity index (χ3v) is 4.11. The van der Waals surface area contributed by atoms with E-state index in [0.717, 1.165) is 23.3 Å². The van der Waals surface area contributed by atoms with Crippen LogP contribution in [0.25, 0.3) is 11.0 Å². The molecule has 0 fully saturated rings. The van der Waals surface area contributed by atoms with E-state index < -0.39 is 0 Å². The van der Waals surface area contributed by atoms with E-state index >= 15 is 0 Å². The molecule has 5 heteroatoms. The number of para-hydroxylation sites is 1. The van der Waals surface area contributed by atoms with Crippen molar-refractivity contribution in [2.75, 3.05) is 6.54 Å². The number of furan rings is 2. The van der Waals surface area contributed by atoms with Gasteiger partial charge in [0.15, 0.2) is 10.3 Å². The number of halogens is 2. The minimum Gasteiger partial charge on any atom is -0.457 e. The van der Waals surface area contributed by atoms with Gasteiger partial charge in [-0.3, -0.25) is 0 Å². The molecule has 0 spiro atoms. The monoisotopic (exact) mass is 353 g/mol. The Morgan fingerprint density at radius 2 is 2.20 bits per heavy atom. The van der Waals surface area contributed by atoms with E-state index in [4.69, 9.17) is 20.4 Å². The molecule has 0 bridgehead atoms. The van der Waals surface area contributed by atoms with Gasteiger partial charge in [0.1, 0.15) is 5.76 Å². The van der Waals surface area contributed by atoms with Crippen LogP contribution in [0, 0.1) is 0 Å². The van der Waals surface area contributed by atoms with Crippen molar-refractivity contribution in [1.29, 1.82) is 0 Å². The van der Waals surface area contributed by atoms with Crippen LogP contribution in [0.2, 0.25) is 5.02 Å². The number of hydrogen-bond donors (Lipinski definition) is 1. The van der Waals surface area contributed by atoms with Crippen LogP contribution in [0.4, 0.5) is 0 Å². The molecule has 2 heterocycles. The van der Waals surface area contributed by atoms with E-state index in [1.807, 2.05) is 30.3 Å². The van der Waals surface area contributed by atoms with E-state index in [2.05, 4.69) is 28.2 Å². The fourth-order valence-corrected chi connectivity index (χ4v) is 2.96. The van der Waals surface area contributed by atoms with Crippen LogP contribution in [0.15, 0.2) is 50.1 Å². The zero-order valence-corrected chi connectivity index (χ0v) is 13.2. The quantitative estimate of drug-likeness (QED) is 0.705. The maximum absolute atomic E-state index is 6.17. The van der Waals surface area contributed by atoms with Crippen LogP contribution < -0.4 is 5.32 Å². The van der Waals surface area contributed by atoms with Crippen molar-refractivity contribution in [3.63, 3.8) is 0 Å². The lowest BCUT2D eigenvalue weighted by Crippen LogP contribution is -2.21. The summed E-state index contributed by atoms with van der Waals surface area (Å²) in [7, 11) is 0. The van der Waals surface area contributed by atoms with Crippen LogP contribution in [0.3, 0.4) is 0 Å². The van der Waals surface area contributed by atoms with Gasteiger partial charge in [-0.05, 0) is 40.7 Å². The van der Waals surface area contributed by atoms with E-state index in [9.17, 15) is 0 Å². The van der Waals surface area contributed by atoms with Crippen molar-refractivity contribution in [2.24, 2.45) is 0 Å². The van der Waals surface area contributed by atoms with Gasteiger partial charge in [0.05, 0.1) is 17.3 Å². The second-order valence-corrected chi connectivity index (χ2v) is 5.57. The Kier molecular flexibility index (Phi) is 3.87. The lowest BCUT2D eigenvalue weighted by molar-refractivity contribution is 0.467. The van der Waals surface area contributed by atoms with E-state index in [1.54, 1.807) is 6.26 Å². The zero-order chi connectivity index (χ0) is 14.1. The molecule has 1 aromatic carbocycles. The Labute approximate surface area is 130 Å². The summed E-state index contributed by atoms with van der Waals surface area (Å²) in [5.41, 5.74) is 1.72. The highest BCUT2D eigenvalue weighted by Gasteiger charge is 2.22. The summed E-state index contributed by atoms with van der Waals surface area (Å²) >= 11 is 9.58. The fourth-order valence-electron chi connectivity index (χ4n) is 2.27. The van der Waals surface area contributed by atoms with Gasteiger partial charge in [-0.1, -0.05) is 30.7 Å². The molecule has 1 N–H and O–H groups in total.